The number of unbranched alkanes of at least 4 members (excludes halogenated alkanes) is 1. The Morgan fingerprint density at radius 3 is 2.75 bits per heavy atom. The molecule has 1 aliphatic heterocycles. The summed E-state index contributed by atoms with van der Waals surface area (Å²) in [5, 5.41) is 14.3. The molecule has 0 spiro atoms. The summed E-state index contributed by atoms with van der Waals surface area (Å²) in [6.45, 7) is 4.62. The summed E-state index contributed by atoms with van der Waals surface area (Å²) in [5.41, 5.74) is 1.76. The number of carbonyl (C=O) groups is 1. The van der Waals surface area contributed by atoms with Crippen LogP contribution in [-0.2, 0) is 30.9 Å². The van der Waals surface area contributed by atoms with Crippen molar-refractivity contribution >= 4 is 35.8 Å². The molecule has 3 N–H and O–H groups in total. The predicted molar refractivity (Wildman–Crippen MR) is 135 cm³/mol. The quantitative estimate of drug-likeness (QED) is 0.190. The first-order valence-electron chi connectivity index (χ1n) is 10.9. The number of nitrogens with zero attached hydrogens (tertiary/aromatic N) is 4. The van der Waals surface area contributed by atoms with Crippen LogP contribution < -0.4 is 16.0 Å². The summed E-state index contributed by atoms with van der Waals surface area (Å²) in [6, 6.07) is 7.88. The number of carbonyl (C=O) groups excluding carboxylic acids is 1. The Hall–Kier alpha value is -2.21. The summed E-state index contributed by atoms with van der Waals surface area (Å²) in [6.07, 6.45) is 3.89. The Morgan fingerprint density at radius 1 is 1.28 bits per heavy atom. The van der Waals surface area contributed by atoms with E-state index >= 15 is 0 Å². The molecule has 0 fully saturated rings. The second kappa shape index (κ2) is 13.4. The fourth-order valence-corrected chi connectivity index (χ4v) is 3.50. The zero-order chi connectivity index (χ0) is 22.1. The Morgan fingerprint density at radius 2 is 2.06 bits per heavy atom. The summed E-state index contributed by atoms with van der Waals surface area (Å²) >= 11 is 0. The first kappa shape index (κ1) is 26.0. The molecule has 9 nitrogen and oxygen atoms in total. The van der Waals surface area contributed by atoms with Crippen LogP contribution in [0.2, 0.25) is 0 Å². The number of hydrogen-bond donors (Lipinski definition) is 3. The van der Waals surface area contributed by atoms with Crippen molar-refractivity contribution in [2.24, 2.45) is 4.99 Å². The van der Waals surface area contributed by atoms with Gasteiger partial charge in [0.2, 0.25) is 0 Å². The number of aliphatic imine (C=N–C) groups is 1. The normalized spacial score (nSPS) is 15.5. The molecule has 0 aliphatic carbocycles. The second-order valence-corrected chi connectivity index (χ2v) is 7.67. The lowest BCUT2D eigenvalue weighted by molar-refractivity contribution is 0.0953. The number of aromatic nitrogens is 3. The topological polar surface area (TPSA) is 105 Å². The van der Waals surface area contributed by atoms with Gasteiger partial charge in [0.25, 0.3) is 5.91 Å². The van der Waals surface area contributed by atoms with Crippen molar-refractivity contribution in [2.75, 3.05) is 20.7 Å². The van der Waals surface area contributed by atoms with Crippen molar-refractivity contribution < 1.29 is 9.53 Å². The van der Waals surface area contributed by atoms with E-state index in [1.54, 1.807) is 14.2 Å². The number of hydrogen-bond acceptors (Lipinski definition) is 5. The maximum Gasteiger partial charge on any atom is 0.251 e. The second-order valence-electron chi connectivity index (χ2n) is 7.67. The molecule has 1 amide bonds. The van der Waals surface area contributed by atoms with Crippen LogP contribution in [0.4, 0.5) is 0 Å². The SMILES string of the molecule is CCCCNC(=O)c1ccc(CNC(=NC)NC2CCc3nc(COC)nn3C2)cc1.I. The molecular weight excluding hydrogens is 521 g/mol. The van der Waals surface area contributed by atoms with E-state index in [0.717, 1.165) is 55.4 Å². The van der Waals surface area contributed by atoms with Gasteiger partial charge in [-0.2, -0.15) is 5.10 Å². The highest BCUT2D eigenvalue weighted by molar-refractivity contribution is 14.0. The highest BCUT2D eigenvalue weighted by Crippen LogP contribution is 2.13. The van der Waals surface area contributed by atoms with Crippen molar-refractivity contribution in [3.8, 4) is 0 Å². The van der Waals surface area contributed by atoms with Crippen LogP contribution in [0.15, 0.2) is 29.3 Å². The van der Waals surface area contributed by atoms with Gasteiger partial charge in [-0.05, 0) is 30.5 Å². The highest BCUT2D eigenvalue weighted by atomic mass is 127. The molecule has 0 radical (unpaired) electrons. The van der Waals surface area contributed by atoms with Gasteiger partial charge in [0.15, 0.2) is 11.8 Å². The monoisotopic (exact) mass is 555 g/mol. The van der Waals surface area contributed by atoms with Gasteiger partial charge in [-0.3, -0.25) is 9.79 Å². The number of methoxy groups -OCH3 is 1. The minimum Gasteiger partial charge on any atom is -0.377 e. The number of fused-ring (bicyclic) bond motifs is 1. The summed E-state index contributed by atoms with van der Waals surface area (Å²) in [5.74, 6) is 2.45. The van der Waals surface area contributed by atoms with E-state index in [4.69, 9.17) is 4.74 Å². The third kappa shape index (κ3) is 7.44. The van der Waals surface area contributed by atoms with Crippen LogP contribution >= 0.6 is 24.0 Å². The number of benzene rings is 1. The van der Waals surface area contributed by atoms with Crippen LogP contribution in [0.25, 0.3) is 0 Å². The minimum atomic E-state index is -0.0242. The molecule has 0 saturated heterocycles. The third-order valence-electron chi connectivity index (χ3n) is 5.23. The van der Waals surface area contributed by atoms with Crippen molar-refractivity contribution in [1.82, 2.24) is 30.7 Å². The fourth-order valence-electron chi connectivity index (χ4n) is 3.50. The Bertz CT molecular complexity index is 883. The lowest BCUT2D eigenvalue weighted by Gasteiger charge is -2.25. The molecule has 1 unspecified atom stereocenters. The van der Waals surface area contributed by atoms with Crippen molar-refractivity contribution in [2.45, 2.75) is 58.3 Å². The summed E-state index contributed by atoms with van der Waals surface area (Å²) in [4.78, 5) is 21.0. The van der Waals surface area contributed by atoms with Crippen LogP contribution in [0, 0.1) is 0 Å². The van der Waals surface area contributed by atoms with Gasteiger partial charge in [-0.1, -0.05) is 25.5 Å². The zero-order valence-electron chi connectivity index (χ0n) is 19.1. The predicted octanol–water partition coefficient (Wildman–Crippen LogP) is 2.25. The third-order valence-corrected chi connectivity index (χ3v) is 5.23. The number of nitrogens with one attached hydrogen (secondary N) is 3. The van der Waals surface area contributed by atoms with Crippen molar-refractivity contribution in [3.05, 3.63) is 47.0 Å². The summed E-state index contributed by atoms with van der Waals surface area (Å²) < 4.78 is 7.08. The van der Waals surface area contributed by atoms with E-state index in [9.17, 15) is 4.79 Å². The lowest BCUT2D eigenvalue weighted by atomic mass is 10.1. The number of aryl methyl sites for hydroxylation is 1. The Labute approximate surface area is 206 Å². The van der Waals surface area contributed by atoms with E-state index < -0.39 is 0 Å². The van der Waals surface area contributed by atoms with Crippen LogP contribution in [0.5, 0.6) is 0 Å². The maximum absolute atomic E-state index is 12.1. The smallest absolute Gasteiger partial charge is 0.251 e. The minimum absolute atomic E-state index is 0. The Balaban J connectivity index is 0.00000363. The molecule has 0 bridgehead atoms. The average molecular weight is 555 g/mol. The molecule has 10 heteroatoms. The van der Waals surface area contributed by atoms with Crippen LogP contribution in [-0.4, -0.2) is 53.4 Å². The fraction of sp³-hybridized carbons (Fsp3) is 0.545. The molecule has 176 valence electrons. The molecule has 3 rings (SSSR count). The summed E-state index contributed by atoms with van der Waals surface area (Å²) in [7, 11) is 3.41. The molecule has 1 aromatic heterocycles. The van der Waals surface area contributed by atoms with E-state index in [1.165, 1.54) is 0 Å². The molecule has 2 aromatic rings. The first-order chi connectivity index (χ1) is 15.1. The first-order valence-corrected chi connectivity index (χ1v) is 10.9. The molecule has 1 atom stereocenters. The largest absolute Gasteiger partial charge is 0.377 e. The van der Waals surface area contributed by atoms with Gasteiger partial charge < -0.3 is 20.7 Å². The molecule has 1 aliphatic rings. The van der Waals surface area contributed by atoms with E-state index in [1.807, 2.05) is 28.9 Å². The maximum atomic E-state index is 12.1. The zero-order valence-corrected chi connectivity index (χ0v) is 21.4. The van der Waals surface area contributed by atoms with Gasteiger partial charge in [-0.15, -0.1) is 24.0 Å². The van der Waals surface area contributed by atoms with E-state index in [-0.39, 0.29) is 35.9 Å². The number of guanidine groups is 1. The number of rotatable bonds is 9. The highest BCUT2D eigenvalue weighted by Gasteiger charge is 2.22. The van der Waals surface area contributed by atoms with Crippen LogP contribution in [0.1, 0.15) is 53.8 Å². The van der Waals surface area contributed by atoms with Gasteiger partial charge in [-0.25, -0.2) is 9.67 Å². The molecule has 32 heavy (non-hydrogen) atoms. The number of ether oxygens (including phenoxy) is 1. The molecule has 1 aromatic carbocycles. The number of halogens is 1. The van der Waals surface area contributed by atoms with Gasteiger partial charge >= 0.3 is 0 Å². The van der Waals surface area contributed by atoms with Gasteiger partial charge in [0.05, 0.1) is 6.54 Å². The van der Waals surface area contributed by atoms with E-state index in [0.29, 0.717) is 25.3 Å². The van der Waals surface area contributed by atoms with Crippen molar-refractivity contribution in [1.29, 1.82) is 0 Å². The van der Waals surface area contributed by atoms with Crippen molar-refractivity contribution in [3.63, 3.8) is 0 Å². The molecule has 0 saturated carbocycles. The average Bonchev–Trinajstić information content (AvgIpc) is 3.19. The Kier molecular flexibility index (Phi) is 10.9. The standard InChI is InChI=1S/C22H33N7O2.HI/c1-4-5-12-24-21(30)17-8-6-16(7-9-17)13-25-22(23-2)26-18-10-11-20-27-19(15-31-3)28-29(20)14-18;/h6-9,18H,4-5,10-15H2,1-3H3,(H,24,30)(H2,23,25,26);1H. The molecular formula is C22H34IN7O2. The van der Waals surface area contributed by atoms with Crippen LogP contribution in [0.3, 0.4) is 0 Å². The van der Waals surface area contributed by atoms with Gasteiger partial charge in [0, 0.05) is 45.3 Å². The van der Waals surface area contributed by atoms with Gasteiger partial charge in [0.1, 0.15) is 12.4 Å². The lowest BCUT2D eigenvalue weighted by Crippen LogP contribution is -2.46. The molecule has 2 heterocycles. The van der Waals surface area contributed by atoms with E-state index in [2.05, 4.69) is 37.9 Å². The number of amides is 1.